The molecule has 3 N–H and O–H groups in total. The van der Waals surface area contributed by atoms with Crippen LogP contribution < -0.4 is 0 Å². The number of carbonyl (C=O) groups excluding carboxylic acids is 2. The van der Waals surface area contributed by atoms with Gasteiger partial charge in [-0.2, -0.15) is 0 Å². The van der Waals surface area contributed by atoms with E-state index in [0.717, 1.165) is 44.9 Å². The Labute approximate surface area is 279 Å². The molecule has 0 bridgehead atoms. The van der Waals surface area contributed by atoms with Crippen molar-refractivity contribution >= 4 is 19.8 Å². The maximum atomic E-state index is 12.5. The normalized spacial score (nSPS) is 14.3. The quantitative estimate of drug-likeness (QED) is 0.0262. The van der Waals surface area contributed by atoms with Gasteiger partial charge in [-0.15, -0.1) is 0 Å². The fraction of sp³-hybridized carbons (Fsp3) is 0.886. The summed E-state index contributed by atoms with van der Waals surface area (Å²) < 4.78 is 32.4. The van der Waals surface area contributed by atoms with Crippen molar-refractivity contribution < 1.29 is 47.8 Å². The van der Waals surface area contributed by atoms with Gasteiger partial charge in [-0.05, 0) is 38.5 Å². The molecule has 0 aliphatic rings. The smallest absolute Gasteiger partial charge is 0.462 e. The molecule has 272 valence electrons. The van der Waals surface area contributed by atoms with Crippen molar-refractivity contribution in [3.63, 3.8) is 0 Å². The molecule has 0 heterocycles. The molecule has 0 rings (SSSR count). The average molecular weight is 679 g/mol. The van der Waals surface area contributed by atoms with Crippen LogP contribution in [-0.4, -0.2) is 65.7 Å². The number of ether oxygens (including phenoxy) is 2. The van der Waals surface area contributed by atoms with Gasteiger partial charge in [0.05, 0.1) is 19.8 Å². The van der Waals surface area contributed by atoms with Crippen molar-refractivity contribution in [1.29, 1.82) is 0 Å². The molecular formula is C35H67O10P. The van der Waals surface area contributed by atoms with Crippen LogP contribution in [-0.2, 0) is 32.7 Å². The first-order valence-electron chi connectivity index (χ1n) is 18.1. The van der Waals surface area contributed by atoms with Gasteiger partial charge in [0.1, 0.15) is 12.7 Å². The lowest BCUT2D eigenvalue weighted by Gasteiger charge is -2.20. The minimum absolute atomic E-state index is 0.182. The lowest BCUT2D eigenvalue weighted by atomic mass is 10.1. The summed E-state index contributed by atoms with van der Waals surface area (Å²) in [5.41, 5.74) is 0. The van der Waals surface area contributed by atoms with Crippen LogP contribution in [0.2, 0.25) is 0 Å². The number of aliphatic hydroxyl groups is 2. The van der Waals surface area contributed by atoms with Crippen molar-refractivity contribution in [3.05, 3.63) is 12.2 Å². The van der Waals surface area contributed by atoms with Crippen LogP contribution in [0.15, 0.2) is 12.2 Å². The van der Waals surface area contributed by atoms with Crippen LogP contribution in [0.25, 0.3) is 0 Å². The Morgan fingerprint density at radius 2 is 1.07 bits per heavy atom. The van der Waals surface area contributed by atoms with Gasteiger partial charge in [0.2, 0.25) is 0 Å². The Morgan fingerprint density at radius 3 is 1.59 bits per heavy atom. The highest BCUT2D eigenvalue weighted by atomic mass is 31.2. The summed E-state index contributed by atoms with van der Waals surface area (Å²) in [5.74, 6) is -0.932. The lowest BCUT2D eigenvalue weighted by molar-refractivity contribution is -0.161. The summed E-state index contributed by atoms with van der Waals surface area (Å²) in [5, 5.41) is 18.2. The number of hydrogen-bond donors (Lipinski definition) is 3. The number of unbranched alkanes of at least 4 members (excludes halogenated alkanes) is 18. The van der Waals surface area contributed by atoms with E-state index in [9.17, 15) is 24.2 Å². The second kappa shape index (κ2) is 32.3. The summed E-state index contributed by atoms with van der Waals surface area (Å²) in [4.78, 5) is 34.6. The Hall–Kier alpha value is -1.29. The third-order valence-corrected chi connectivity index (χ3v) is 8.62. The molecule has 0 aromatic rings. The predicted octanol–water partition coefficient (Wildman–Crippen LogP) is 8.50. The van der Waals surface area contributed by atoms with E-state index in [2.05, 4.69) is 30.5 Å². The molecule has 1 unspecified atom stereocenters. The molecule has 0 spiro atoms. The van der Waals surface area contributed by atoms with Crippen LogP contribution in [0.3, 0.4) is 0 Å². The Bertz CT molecular complexity index is 791. The zero-order valence-electron chi connectivity index (χ0n) is 29.0. The van der Waals surface area contributed by atoms with Gasteiger partial charge in [0.25, 0.3) is 0 Å². The molecule has 0 aromatic heterocycles. The number of aliphatic hydroxyl groups excluding tert-OH is 2. The van der Waals surface area contributed by atoms with E-state index in [1.54, 1.807) is 0 Å². The number of hydrogen-bond acceptors (Lipinski definition) is 9. The molecule has 0 aliphatic carbocycles. The highest BCUT2D eigenvalue weighted by Gasteiger charge is 2.27. The van der Waals surface area contributed by atoms with Crippen LogP contribution >= 0.6 is 7.82 Å². The van der Waals surface area contributed by atoms with E-state index in [4.69, 9.17) is 19.1 Å². The van der Waals surface area contributed by atoms with Gasteiger partial charge >= 0.3 is 19.8 Å². The molecule has 0 aromatic carbocycles. The number of allylic oxidation sites excluding steroid dienone is 2. The van der Waals surface area contributed by atoms with Crippen molar-refractivity contribution in [2.24, 2.45) is 0 Å². The van der Waals surface area contributed by atoms with Gasteiger partial charge < -0.3 is 24.6 Å². The van der Waals surface area contributed by atoms with Crippen molar-refractivity contribution in [2.45, 2.75) is 174 Å². The first-order valence-corrected chi connectivity index (χ1v) is 19.6. The Balaban J connectivity index is 4.36. The van der Waals surface area contributed by atoms with Gasteiger partial charge in [0, 0.05) is 12.8 Å². The summed E-state index contributed by atoms with van der Waals surface area (Å²) in [6.07, 6.45) is 26.2. The van der Waals surface area contributed by atoms with Gasteiger partial charge in [0.15, 0.2) is 6.10 Å². The summed E-state index contributed by atoms with van der Waals surface area (Å²) in [6, 6.07) is 0. The van der Waals surface area contributed by atoms with E-state index in [1.165, 1.54) is 77.0 Å². The fourth-order valence-corrected chi connectivity index (χ4v) is 5.60. The zero-order valence-corrected chi connectivity index (χ0v) is 29.9. The lowest BCUT2D eigenvalue weighted by Crippen LogP contribution is -2.29. The summed E-state index contributed by atoms with van der Waals surface area (Å²) in [6.45, 7) is 2.31. The number of phosphoric acid groups is 1. The molecule has 11 heteroatoms. The standard InChI is InChI=1S/C35H67O10P/c1-3-5-7-9-11-13-14-15-16-17-18-19-21-23-25-27-35(39)45-33(31-44-46(40,41)43-29-32(37)28-36)30-42-34(38)26-24-22-20-12-10-8-6-4-2/h13-14,32-33,36-37H,3-12,15-31H2,1-2H3,(H,40,41)/b14-13+/t32-,33+/m0/s1. The summed E-state index contributed by atoms with van der Waals surface area (Å²) >= 11 is 0. The first-order chi connectivity index (χ1) is 22.2. The maximum absolute atomic E-state index is 12.5. The van der Waals surface area contributed by atoms with Crippen molar-refractivity contribution in [2.75, 3.05) is 26.4 Å². The molecule has 46 heavy (non-hydrogen) atoms. The van der Waals surface area contributed by atoms with E-state index in [-0.39, 0.29) is 19.4 Å². The largest absolute Gasteiger partial charge is 0.472 e. The van der Waals surface area contributed by atoms with Gasteiger partial charge in [-0.25, -0.2) is 4.57 Å². The van der Waals surface area contributed by atoms with E-state index in [1.807, 2.05) is 0 Å². The van der Waals surface area contributed by atoms with Crippen LogP contribution in [0.4, 0.5) is 0 Å². The molecule has 0 fully saturated rings. The Kier molecular flexibility index (Phi) is 31.4. The van der Waals surface area contributed by atoms with E-state index < -0.39 is 51.8 Å². The highest BCUT2D eigenvalue weighted by Crippen LogP contribution is 2.43. The van der Waals surface area contributed by atoms with Crippen LogP contribution in [0, 0.1) is 0 Å². The molecule has 0 saturated heterocycles. The summed E-state index contributed by atoms with van der Waals surface area (Å²) in [7, 11) is -4.60. The first kappa shape index (κ1) is 44.7. The highest BCUT2D eigenvalue weighted by molar-refractivity contribution is 7.47. The third kappa shape index (κ3) is 31.3. The molecule has 10 nitrogen and oxygen atoms in total. The van der Waals surface area contributed by atoms with E-state index in [0.29, 0.717) is 12.8 Å². The average Bonchev–Trinajstić information content (AvgIpc) is 3.04. The SMILES string of the molecule is CCCCCC/C=C/CCCCCCCCCC(=O)O[C@H](COC(=O)CCCCCCCCCC)COP(=O)(O)OC[C@@H](O)CO. The van der Waals surface area contributed by atoms with Crippen molar-refractivity contribution in [1.82, 2.24) is 0 Å². The second-order valence-corrected chi connectivity index (χ2v) is 13.7. The zero-order chi connectivity index (χ0) is 34.1. The molecule has 3 atom stereocenters. The molecule has 0 amide bonds. The molecule has 0 aliphatic heterocycles. The number of phosphoric ester groups is 1. The van der Waals surface area contributed by atoms with Gasteiger partial charge in [-0.3, -0.25) is 18.6 Å². The van der Waals surface area contributed by atoms with Gasteiger partial charge in [-0.1, -0.05) is 122 Å². The molecule has 0 radical (unpaired) electrons. The number of carbonyl (C=O) groups is 2. The minimum Gasteiger partial charge on any atom is -0.462 e. The Morgan fingerprint density at radius 1 is 0.630 bits per heavy atom. The van der Waals surface area contributed by atoms with Crippen LogP contribution in [0.1, 0.15) is 162 Å². The monoisotopic (exact) mass is 678 g/mol. The third-order valence-electron chi connectivity index (χ3n) is 7.67. The second-order valence-electron chi connectivity index (χ2n) is 12.3. The number of rotatable bonds is 34. The number of esters is 2. The maximum Gasteiger partial charge on any atom is 0.472 e. The molecule has 0 saturated carbocycles. The topological polar surface area (TPSA) is 149 Å². The fourth-order valence-electron chi connectivity index (χ4n) is 4.81. The predicted molar refractivity (Wildman–Crippen MR) is 182 cm³/mol. The van der Waals surface area contributed by atoms with Crippen LogP contribution in [0.5, 0.6) is 0 Å². The minimum atomic E-state index is -4.60. The molecular weight excluding hydrogens is 611 g/mol. The van der Waals surface area contributed by atoms with Crippen molar-refractivity contribution in [3.8, 4) is 0 Å². The van der Waals surface area contributed by atoms with E-state index >= 15 is 0 Å².